The largest absolute Gasteiger partial charge is 0.345 e. The molecule has 1 heterocycles. The predicted molar refractivity (Wildman–Crippen MR) is 94.7 cm³/mol. The molecule has 2 rings (SSSR count). The minimum absolute atomic E-state index is 0.0571. The van der Waals surface area contributed by atoms with E-state index in [0.29, 0.717) is 0 Å². The van der Waals surface area contributed by atoms with Crippen molar-refractivity contribution < 1.29 is 4.79 Å². The van der Waals surface area contributed by atoms with E-state index in [4.69, 9.17) is 0 Å². The number of allylic oxidation sites excluding steroid dienone is 2. The maximum atomic E-state index is 12.2. The van der Waals surface area contributed by atoms with Crippen LogP contribution < -0.4 is 5.32 Å². The third-order valence-electron chi connectivity index (χ3n) is 3.45. The van der Waals surface area contributed by atoms with E-state index in [-0.39, 0.29) is 11.6 Å². The van der Waals surface area contributed by atoms with E-state index >= 15 is 0 Å². The smallest absolute Gasteiger partial charge is 0.262 e. The Labute approximate surface area is 142 Å². The van der Waals surface area contributed by atoms with E-state index < -0.39 is 5.91 Å². The Hall–Kier alpha value is -3.19. The Balaban J connectivity index is 2.04. The first kappa shape index (κ1) is 17.2. The summed E-state index contributed by atoms with van der Waals surface area (Å²) in [6, 6.07) is 17.1. The Morgan fingerprint density at radius 2 is 1.96 bits per heavy atom. The van der Waals surface area contributed by atoms with Gasteiger partial charge in [0.1, 0.15) is 11.6 Å². The van der Waals surface area contributed by atoms with Crippen molar-refractivity contribution in [1.29, 1.82) is 5.26 Å². The van der Waals surface area contributed by atoms with Gasteiger partial charge in [-0.15, -0.1) is 0 Å². The van der Waals surface area contributed by atoms with E-state index in [0.717, 1.165) is 17.0 Å². The molecule has 1 aromatic heterocycles. The highest BCUT2D eigenvalue weighted by molar-refractivity contribution is 5.97. The standard InChI is InChI=1S/C20H19N3O/c1-15-8-6-12-19(22-15)13-7-11-18(14-21)20(24)23-16(2)17-9-4-3-5-10-17/h3-13,16H,1-2H3,(H,23,24)/b13-7+,18-11+/t16-/m1/s1. The van der Waals surface area contributed by atoms with Gasteiger partial charge >= 0.3 is 0 Å². The number of pyridine rings is 1. The normalized spacial score (nSPS) is 12.6. The van der Waals surface area contributed by atoms with Crippen LogP contribution >= 0.6 is 0 Å². The molecule has 2 aromatic rings. The average Bonchev–Trinajstić information content (AvgIpc) is 2.59. The zero-order valence-corrected chi connectivity index (χ0v) is 13.7. The molecule has 1 amide bonds. The van der Waals surface area contributed by atoms with Crippen molar-refractivity contribution in [3.63, 3.8) is 0 Å². The molecule has 4 heteroatoms. The predicted octanol–water partition coefficient (Wildman–Crippen LogP) is 3.73. The summed E-state index contributed by atoms with van der Waals surface area (Å²) in [5.41, 5.74) is 2.74. The van der Waals surface area contributed by atoms with Crippen molar-refractivity contribution >= 4 is 12.0 Å². The van der Waals surface area contributed by atoms with Gasteiger partial charge in [0.25, 0.3) is 5.91 Å². The lowest BCUT2D eigenvalue weighted by molar-refractivity contribution is -0.117. The second-order valence-corrected chi connectivity index (χ2v) is 5.36. The second kappa shape index (κ2) is 8.44. The molecule has 0 radical (unpaired) electrons. The molecule has 0 fully saturated rings. The highest BCUT2D eigenvalue weighted by atomic mass is 16.1. The summed E-state index contributed by atoms with van der Waals surface area (Å²) in [5.74, 6) is -0.393. The number of hydrogen-bond donors (Lipinski definition) is 1. The average molecular weight is 317 g/mol. The molecule has 0 aliphatic rings. The third-order valence-corrected chi connectivity index (χ3v) is 3.45. The number of nitrogens with one attached hydrogen (secondary N) is 1. The van der Waals surface area contributed by atoms with Gasteiger partial charge in [-0.2, -0.15) is 5.26 Å². The first-order valence-corrected chi connectivity index (χ1v) is 7.68. The molecule has 120 valence electrons. The SMILES string of the molecule is Cc1cccc(/C=C/C=C(\C#N)C(=O)N[C@H](C)c2ccccc2)n1. The number of nitrogens with zero attached hydrogens (tertiary/aromatic N) is 2. The first-order chi connectivity index (χ1) is 11.6. The minimum Gasteiger partial charge on any atom is -0.345 e. The lowest BCUT2D eigenvalue weighted by atomic mass is 10.1. The summed E-state index contributed by atoms with van der Waals surface area (Å²) in [4.78, 5) is 16.5. The zero-order valence-electron chi connectivity index (χ0n) is 13.7. The third kappa shape index (κ3) is 4.92. The highest BCUT2D eigenvalue weighted by Gasteiger charge is 2.12. The van der Waals surface area contributed by atoms with Crippen LogP contribution in [-0.2, 0) is 4.79 Å². The highest BCUT2D eigenvalue weighted by Crippen LogP contribution is 2.12. The Morgan fingerprint density at radius 3 is 2.62 bits per heavy atom. The summed E-state index contributed by atoms with van der Waals surface area (Å²) >= 11 is 0. The second-order valence-electron chi connectivity index (χ2n) is 5.36. The van der Waals surface area contributed by atoms with Gasteiger partial charge < -0.3 is 5.32 Å². The quantitative estimate of drug-likeness (QED) is 0.519. The topological polar surface area (TPSA) is 65.8 Å². The van der Waals surface area contributed by atoms with E-state index in [2.05, 4.69) is 10.3 Å². The number of hydrogen-bond acceptors (Lipinski definition) is 3. The fourth-order valence-corrected chi connectivity index (χ4v) is 2.16. The fourth-order valence-electron chi connectivity index (χ4n) is 2.16. The Morgan fingerprint density at radius 1 is 1.21 bits per heavy atom. The van der Waals surface area contributed by atoms with Crippen LogP contribution in [0.2, 0.25) is 0 Å². The van der Waals surface area contributed by atoms with Crippen LogP contribution in [0.15, 0.2) is 66.3 Å². The van der Waals surface area contributed by atoms with Crippen molar-refractivity contribution in [1.82, 2.24) is 10.3 Å². The van der Waals surface area contributed by atoms with Crippen molar-refractivity contribution in [3.05, 3.63) is 83.2 Å². The number of aromatic nitrogens is 1. The van der Waals surface area contributed by atoms with Crippen LogP contribution in [0.5, 0.6) is 0 Å². The van der Waals surface area contributed by atoms with Gasteiger partial charge in [0, 0.05) is 5.69 Å². The molecular weight excluding hydrogens is 298 g/mol. The first-order valence-electron chi connectivity index (χ1n) is 7.68. The molecule has 1 N–H and O–H groups in total. The molecule has 0 aliphatic heterocycles. The molecule has 24 heavy (non-hydrogen) atoms. The van der Waals surface area contributed by atoms with E-state index in [1.165, 1.54) is 6.08 Å². The molecule has 4 nitrogen and oxygen atoms in total. The minimum atomic E-state index is -0.393. The zero-order chi connectivity index (χ0) is 17.4. The van der Waals surface area contributed by atoms with Gasteiger partial charge in [0.15, 0.2) is 0 Å². The maximum Gasteiger partial charge on any atom is 0.262 e. The number of aryl methyl sites for hydroxylation is 1. The van der Waals surface area contributed by atoms with Crippen LogP contribution in [-0.4, -0.2) is 10.9 Å². The van der Waals surface area contributed by atoms with Crippen molar-refractivity contribution in [2.24, 2.45) is 0 Å². The van der Waals surface area contributed by atoms with Crippen LogP contribution in [0, 0.1) is 18.3 Å². The molecule has 0 saturated heterocycles. The maximum absolute atomic E-state index is 12.2. The monoisotopic (exact) mass is 317 g/mol. The number of carbonyl (C=O) groups excluding carboxylic acids is 1. The lowest BCUT2D eigenvalue weighted by Gasteiger charge is -2.13. The number of nitriles is 1. The van der Waals surface area contributed by atoms with Crippen molar-refractivity contribution in [3.8, 4) is 6.07 Å². The number of benzene rings is 1. The van der Waals surface area contributed by atoms with Crippen LogP contribution in [0.25, 0.3) is 6.08 Å². The summed E-state index contributed by atoms with van der Waals surface area (Å²) in [6.45, 7) is 3.79. The molecule has 0 spiro atoms. The van der Waals surface area contributed by atoms with Gasteiger partial charge in [-0.3, -0.25) is 9.78 Å². The molecule has 0 unspecified atom stereocenters. The molecule has 0 saturated carbocycles. The molecular formula is C20H19N3O. The molecule has 0 bridgehead atoms. The summed E-state index contributed by atoms with van der Waals surface area (Å²) in [5, 5.41) is 12.0. The number of amides is 1. The Kier molecular flexibility index (Phi) is 6.04. The van der Waals surface area contributed by atoms with E-state index in [1.807, 2.05) is 68.4 Å². The van der Waals surface area contributed by atoms with Crippen molar-refractivity contribution in [2.75, 3.05) is 0 Å². The van der Waals surface area contributed by atoms with Gasteiger partial charge in [0.05, 0.1) is 11.7 Å². The number of carbonyl (C=O) groups is 1. The van der Waals surface area contributed by atoms with Gasteiger partial charge in [-0.05, 0) is 43.7 Å². The van der Waals surface area contributed by atoms with Crippen LogP contribution in [0.3, 0.4) is 0 Å². The van der Waals surface area contributed by atoms with Gasteiger partial charge in [0.2, 0.25) is 0 Å². The molecule has 0 aliphatic carbocycles. The van der Waals surface area contributed by atoms with E-state index in [9.17, 15) is 10.1 Å². The van der Waals surface area contributed by atoms with Crippen LogP contribution in [0.1, 0.15) is 29.9 Å². The van der Waals surface area contributed by atoms with E-state index in [1.54, 1.807) is 12.2 Å². The van der Waals surface area contributed by atoms with Gasteiger partial charge in [-0.25, -0.2) is 0 Å². The van der Waals surface area contributed by atoms with Crippen LogP contribution in [0.4, 0.5) is 0 Å². The summed E-state index contributed by atoms with van der Waals surface area (Å²) in [6.07, 6.45) is 4.92. The van der Waals surface area contributed by atoms with Crippen molar-refractivity contribution in [2.45, 2.75) is 19.9 Å². The van der Waals surface area contributed by atoms with Gasteiger partial charge in [-0.1, -0.05) is 42.5 Å². The molecule has 1 aromatic carbocycles. The number of rotatable bonds is 5. The summed E-state index contributed by atoms with van der Waals surface area (Å²) < 4.78 is 0. The summed E-state index contributed by atoms with van der Waals surface area (Å²) in [7, 11) is 0. The molecule has 1 atom stereocenters. The fraction of sp³-hybridized carbons (Fsp3) is 0.150. The Bertz CT molecular complexity index is 801. The lowest BCUT2D eigenvalue weighted by Crippen LogP contribution is -2.27.